The van der Waals surface area contributed by atoms with E-state index < -0.39 is 11.9 Å². The number of amides is 1. The SMILES string of the molecule is O=C1C[C@H](C(=O)O)CCN1. The lowest BCUT2D eigenvalue weighted by Crippen LogP contribution is -2.36. The van der Waals surface area contributed by atoms with Crippen LogP contribution >= 0.6 is 0 Å². The van der Waals surface area contributed by atoms with E-state index in [0.717, 1.165) is 0 Å². The molecule has 0 spiro atoms. The average Bonchev–Trinajstić information content (AvgIpc) is 1.88. The fraction of sp³-hybridized carbons (Fsp3) is 0.667. The van der Waals surface area contributed by atoms with E-state index in [0.29, 0.717) is 13.0 Å². The summed E-state index contributed by atoms with van der Waals surface area (Å²) < 4.78 is 0. The third kappa shape index (κ3) is 1.46. The number of rotatable bonds is 1. The van der Waals surface area contributed by atoms with E-state index in [2.05, 4.69) is 5.32 Å². The molecule has 2 N–H and O–H groups in total. The molecule has 10 heavy (non-hydrogen) atoms. The highest BCUT2D eigenvalue weighted by molar-refractivity contribution is 5.83. The molecule has 0 bridgehead atoms. The molecule has 0 unspecified atom stereocenters. The van der Waals surface area contributed by atoms with Crippen LogP contribution in [0.3, 0.4) is 0 Å². The predicted octanol–water partition coefficient (Wildman–Crippen LogP) is -0.403. The van der Waals surface area contributed by atoms with Crippen LogP contribution in [-0.2, 0) is 9.59 Å². The van der Waals surface area contributed by atoms with Crippen molar-refractivity contribution in [3.63, 3.8) is 0 Å². The third-order valence-electron chi connectivity index (χ3n) is 1.60. The molecule has 4 nitrogen and oxygen atoms in total. The van der Waals surface area contributed by atoms with Gasteiger partial charge in [-0.3, -0.25) is 9.59 Å². The van der Waals surface area contributed by atoms with Crippen molar-refractivity contribution in [2.75, 3.05) is 6.54 Å². The van der Waals surface area contributed by atoms with Crippen molar-refractivity contribution in [2.24, 2.45) is 5.92 Å². The van der Waals surface area contributed by atoms with E-state index in [1.54, 1.807) is 0 Å². The van der Waals surface area contributed by atoms with Crippen molar-refractivity contribution in [1.29, 1.82) is 0 Å². The molecule has 1 fully saturated rings. The lowest BCUT2D eigenvalue weighted by molar-refractivity contribution is -0.145. The zero-order valence-electron chi connectivity index (χ0n) is 5.46. The van der Waals surface area contributed by atoms with Gasteiger partial charge in [0.25, 0.3) is 0 Å². The van der Waals surface area contributed by atoms with Crippen LogP contribution in [0.15, 0.2) is 0 Å². The van der Waals surface area contributed by atoms with Crippen LogP contribution in [0, 0.1) is 5.92 Å². The quantitative estimate of drug-likeness (QED) is 0.524. The van der Waals surface area contributed by atoms with Crippen molar-refractivity contribution in [2.45, 2.75) is 12.8 Å². The molecule has 1 aliphatic heterocycles. The fourth-order valence-corrected chi connectivity index (χ4v) is 0.995. The molecule has 1 atom stereocenters. The molecule has 0 radical (unpaired) electrons. The van der Waals surface area contributed by atoms with E-state index in [1.807, 2.05) is 0 Å². The van der Waals surface area contributed by atoms with Crippen molar-refractivity contribution in [1.82, 2.24) is 5.32 Å². The summed E-state index contributed by atoms with van der Waals surface area (Å²) in [4.78, 5) is 20.9. The highest BCUT2D eigenvalue weighted by Gasteiger charge is 2.24. The Balaban J connectivity index is 2.47. The molecule has 4 heteroatoms. The van der Waals surface area contributed by atoms with Gasteiger partial charge in [-0.25, -0.2) is 0 Å². The van der Waals surface area contributed by atoms with E-state index in [-0.39, 0.29) is 12.3 Å². The monoisotopic (exact) mass is 143 g/mol. The van der Waals surface area contributed by atoms with Gasteiger partial charge < -0.3 is 10.4 Å². The number of hydrogen-bond acceptors (Lipinski definition) is 2. The Kier molecular flexibility index (Phi) is 1.89. The van der Waals surface area contributed by atoms with Gasteiger partial charge in [-0.1, -0.05) is 0 Å². The smallest absolute Gasteiger partial charge is 0.307 e. The first kappa shape index (κ1) is 7.05. The summed E-state index contributed by atoms with van der Waals surface area (Å²) in [7, 11) is 0. The number of carbonyl (C=O) groups is 2. The fourth-order valence-electron chi connectivity index (χ4n) is 0.995. The van der Waals surface area contributed by atoms with Gasteiger partial charge in [-0.15, -0.1) is 0 Å². The lowest BCUT2D eigenvalue weighted by Gasteiger charge is -2.17. The first-order valence-electron chi connectivity index (χ1n) is 3.19. The number of piperidine rings is 1. The predicted molar refractivity (Wildman–Crippen MR) is 33.4 cm³/mol. The first-order valence-corrected chi connectivity index (χ1v) is 3.19. The maximum absolute atomic E-state index is 10.6. The van der Waals surface area contributed by atoms with Gasteiger partial charge in [-0.05, 0) is 6.42 Å². The summed E-state index contributed by atoms with van der Waals surface area (Å²) in [6.07, 6.45) is 0.691. The molecule has 1 amide bonds. The van der Waals surface area contributed by atoms with E-state index in [4.69, 9.17) is 5.11 Å². The van der Waals surface area contributed by atoms with Gasteiger partial charge in [-0.2, -0.15) is 0 Å². The minimum Gasteiger partial charge on any atom is -0.481 e. The Bertz CT molecular complexity index is 164. The van der Waals surface area contributed by atoms with E-state index in [9.17, 15) is 9.59 Å². The molecule has 0 aliphatic carbocycles. The van der Waals surface area contributed by atoms with Gasteiger partial charge >= 0.3 is 5.97 Å². The average molecular weight is 143 g/mol. The molecule has 1 aliphatic rings. The highest BCUT2D eigenvalue weighted by atomic mass is 16.4. The Labute approximate surface area is 58.2 Å². The highest BCUT2D eigenvalue weighted by Crippen LogP contribution is 2.11. The normalized spacial score (nSPS) is 25.6. The minimum absolute atomic E-state index is 0.134. The van der Waals surface area contributed by atoms with Crippen molar-refractivity contribution in [3.05, 3.63) is 0 Å². The summed E-state index contributed by atoms with van der Waals surface area (Å²) in [5, 5.41) is 11.0. The Hall–Kier alpha value is -1.06. The van der Waals surface area contributed by atoms with Crippen LogP contribution in [0.5, 0.6) is 0 Å². The molecule has 1 heterocycles. The molecule has 1 saturated heterocycles. The number of hydrogen-bond donors (Lipinski definition) is 2. The topological polar surface area (TPSA) is 66.4 Å². The van der Waals surface area contributed by atoms with E-state index in [1.165, 1.54) is 0 Å². The number of nitrogens with one attached hydrogen (secondary N) is 1. The van der Waals surface area contributed by atoms with Crippen molar-refractivity contribution < 1.29 is 14.7 Å². The van der Waals surface area contributed by atoms with Gasteiger partial charge in [0.2, 0.25) is 5.91 Å². The van der Waals surface area contributed by atoms with Crippen LogP contribution in [-0.4, -0.2) is 23.5 Å². The van der Waals surface area contributed by atoms with Crippen molar-refractivity contribution in [3.8, 4) is 0 Å². The summed E-state index contributed by atoms with van der Waals surface area (Å²) in [6, 6.07) is 0. The summed E-state index contributed by atoms with van der Waals surface area (Å²) in [5.74, 6) is -1.48. The van der Waals surface area contributed by atoms with Crippen molar-refractivity contribution >= 4 is 11.9 Å². The second-order valence-corrected chi connectivity index (χ2v) is 2.38. The molecule has 0 aromatic carbocycles. The van der Waals surface area contributed by atoms with Gasteiger partial charge in [0.1, 0.15) is 0 Å². The maximum Gasteiger partial charge on any atom is 0.307 e. The molecule has 56 valence electrons. The maximum atomic E-state index is 10.6. The Morgan fingerprint density at radius 3 is 2.80 bits per heavy atom. The standard InChI is InChI=1S/C6H9NO3/c8-5-3-4(6(9)10)1-2-7-5/h4H,1-3H2,(H,7,8)(H,9,10)/t4-/m1/s1. The summed E-state index contributed by atoms with van der Waals surface area (Å²) >= 11 is 0. The summed E-state index contributed by atoms with van der Waals surface area (Å²) in [6.45, 7) is 0.496. The lowest BCUT2D eigenvalue weighted by atomic mass is 9.98. The molecular weight excluding hydrogens is 134 g/mol. The first-order chi connectivity index (χ1) is 4.70. The van der Waals surface area contributed by atoms with Crippen LogP contribution in [0.1, 0.15) is 12.8 Å². The van der Waals surface area contributed by atoms with Crippen LogP contribution in [0.4, 0.5) is 0 Å². The second-order valence-electron chi connectivity index (χ2n) is 2.38. The number of carboxylic acid groups (broad SMARTS) is 1. The minimum atomic E-state index is -0.866. The largest absolute Gasteiger partial charge is 0.481 e. The van der Waals surface area contributed by atoms with Gasteiger partial charge in [0, 0.05) is 13.0 Å². The van der Waals surface area contributed by atoms with E-state index >= 15 is 0 Å². The summed E-state index contributed by atoms with van der Waals surface area (Å²) in [5.41, 5.74) is 0. The molecule has 1 rings (SSSR count). The number of carboxylic acids is 1. The third-order valence-corrected chi connectivity index (χ3v) is 1.60. The molecular formula is C6H9NO3. The second kappa shape index (κ2) is 2.68. The van der Waals surface area contributed by atoms with Gasteiger partial charge in [0.15, 0.2) is 0 Å². The van der Waals surface area contributed by atoms with Crippen LogP contribution in [0.2, 0.25) is 0 Å². The Morgan fingerprint density at radius 1 is 1.70 bits per heavy atom. The molecule has 0 saturated carbocycles. The Morgan fingerprint density at radius 2 is 2.40 bits per heavy atom. The van der Waals surface area contributed by atoms with Crippen LogP contribution < -0.4 is 5.32 Å². The van der Waals surface area contributed by atoms with Crippen LogP contribution in [0.25, 0.3) is 0 Å². The number of aliphatic carboxylic acids is 1. The molecule has 0 aromatic rings. The zero-order chi connectivity index (χ0) is 7.56. The zero-order valence-corrected chi connectivity index (χ0v) is 5.46. The van der Waals surface area contributed by atoms with Gasteiger partial charge in [0.05, 0.1) is 5.92 Å². The molecule has 0 aromatic heterocycles. The number of carbonyl (C=O) groups excluding carboxylic acids is 1.